The van der Waals surface area contributed by atoms with Crippen molar-refractivity contribution in [3.05, 3.63) is 117 Å². The van der Waals surface area contributed by atoms with E-state index in [2.05, 4.69) is 18.9 Å². The van der Waals surface area contributed by atoms with Crippen molar-refractivity contribution in [2.75, 3.05) is 13.2 Å². The normalized spacial score (nSPS) is 11.3. The maximum absolute atomic E-state index is 13.9. The Hall–Kier alpha value is -5.44. The molecular formula is C37H37N3O6. The fourth-order valence-electron chi connectivity index (χ4n) is 5.10. The van der Waals surface area contributed by atoms with E-state index in [4.69, 9.17) is 24.3 Å². The van der Waals surface area contributed by atoms with E-state index in [0.29, 0.717) is 47.0 Å². The number of aromatic carboxylic acids is 1. The SMILES string of the molecule is CCOc1cc(C=Nn2c(-c3cc(C(C)C)c(OCC)cc3C)nc3ccccc3c2=O)ccc1OCc1ccc(C(=O)O)cc1. The zero-order valence-corrected chi connectivity index (χ0v) is 26.6. The molecule has 9 nitrogen and oxygen atoms in total. The van der Waals surface area contributed by atoms with E-state index in [-0.39, 0.29) is 23.6 Å². The lowest BCUT2D eigenvalue weighted by molar-refractivity contribution is 0.0697. The number of ether oxygens (including phenoxy) is 3. The first-order valence-corrected chi connectivity index (χ1v) is 15.3. The van der Waals surface area contributed by atoms with Crippen LogP contribution in [0.15, 0.2) is 88.8 Å². The lowest BCUT2D eigenvalue weighted by Crippen LogP contribution is -2.21. The van der Waals surface area contributed by atoms with E-state index < -0.39 is 5.97 Å². The highest BCUT2D eigenvalue weighted by molar-refractivity contribution is 5.87. The number of fused-ring (bicyclic) bond motifs is 1. The molecule has 0 aliphatic heterocycles. The van der Waals surface area contributed by atoms with Gasteiger partial charge in [-0.05, 0) is 104 Å². The first-order valence-electron chi connectivity index (χ1n) is 15.3. The molecule has 46 heavy (non-hydrogen) atoms. The maximum atomic E-state index is 13.9. The van der Waals surface area contributed by atoms with E-state index in [1.165, 1.54) is 4.68 Å². The summed E-state index contributed by atoms with van der Waals surface area (Å²) in [6.07, 6.45) is 1.60. The van der Waals surface area contributed by atoms with Gasteiger partial charge < -0.3 is 19.3 Å². The third-order valence-electron chi connectivity index (χ3n) is 7.46. The van der Waals surface area contributed by atoms with Crippen LogP contribution in [0.4, 0.5) is 0 Å². The molecule has 0 aliphatic rings. The summed E-state index contributed by atoms with van der Waals surface area (Å²) in [4.78, 5) is 29.9. The van der Waals surface area contributed by atoms with Gasteiger partial charge >= 0.3 is 5.97 Å². The molecule has 0 radical (unpaired) electrons. The van der Waals surface area contributed by atoms with Gasteiger partial charge in [0.1, 0.15) is 12.4 Å². The minimum absolute atomic E-state index is 0.187. The van der Waals surface area contributed by atoms with Crippen molar-refractivity contribution in [2.24, 2.45) is 5.10 Å². The number of carboxylic acids is 1. The molecule has 4 aromatic carbocycles. The molecule has 1 aromatic heterocycles. The van der Waals surface area contributed by atoms with Crippen LogP contribution in [0.25, 0.3) is 22.3 Å². The summed E-state index contributed by atoms with van der Waals surface area (Å²) in [7, 11) is 0. The Balaban J connectivity index is 1.53. The van der Waals surface area contributed by atoms with Gasteiger partial charge in [-0.15, -0.1) is 0 Å². The average molecular weight is 620 g/mol. The van der Waals surface area contributed by atoms with Crippen molar-refractivity contribution in [1.82, 2.24) is 9.66 Å². The monoisotopic (exact) mass is 619 g/mol. The van der Waals surface area contributed by atoms with Gasteiger partial charge in [0.25, 0.3) is 5.56 Å². The fraction of sp³-hybridized carbons (Fsp3) is 0.243. The molecule has 0 spiro atoms. The van der Waals surface area contributed by atoms with E-state index in [0.717, 1.165) is 28.0 Å². The average Bonchev–Trinajstić information content (AvgIpc) is 3.04. The largest absolute Gasteiger partial charge is 0.494 e. The van der Waals surface area contributed by atoms with Gasteiger partial charge in [-0.1, -0.05) is 38.1 Å². The van der Waals surface area contributed by atoms with Gasteiger partial charge in [0.2, 0.25) is 0 Å². The van der Waals surface area contributed by atoms with Crippen LogP contribution in [0, 0.1) is 6.92 Å². The molecule has 5 rings (SSSR count). The summed E-state index contributed by atoms with van der Waals surface area (Å²) in [5, 5.41) is 14.3. The van der Waals surface area contributed by atoms with Crippen molar-refractivity contribution >= 4 is 23.1 Å². The molecule has 0 saturated heterocycles. The van der Waals surface area contributed by atoms with Crippen molar-refractivity contribution in [3.8, 4) is 28.6 Å². The van der Waals surface area contributed by atoms with Gasteiger partial charge in [0.15, 0.2) is 17.3 Å². The quantitative estimate of drug-likeness (QED) is 0.144. The second-order valence-corrected chi connectivity index (χ2v) is 11.0. The predicted octanol–water partition coefficient (Wildman–Crippen LogP) is 7.45. The van der Waals surface area contributed by atoms with Gasteiger partial charge in [-0.25, -0.2) is 9.78 Å². The highest BCUT2D eigenvalue weighted by Crippen LogP contribution is 2.34. The Bertz CT molecular complexity index is 1960. The molecule has 1 heterocycles. The molecule has 0 aliphatic carbocycles. The lowest BCUT2D eigenvalue weighted by Gasteiger charge is -2.18. The minimum atomic E-state index is -0.980. The predicted molar refractivity (Wildman–Crippen MR) is 180 cm³/mol. The molecule has 0 fully saturated rings. The van der Waals surface area contributed by atoms with E-state index in [1.807, 2.05) is 57.2 Å². The van der Waals surface area contributed by atoms with Crippen LogP contribution in [0.2, 0.25) is 0 Å². The van der Waals surface area contributed by atoms with Crippen LogP contribution in [0.3, 0.4) is 0 Å². The number of carboxylic acid groups (broad SMARTS) is 1. The number of carbonyl (C=O) groups is 1. The Labute approximate surface area is 267 Å². The first kappa shape index (κ1) is 32.0. The van der Waals surface area contributed by atoms with E-state index >= 15 is 0 Å². The second kappa shape index (κ2) is 14.1. The number of hydrogen-bond acceptors (Lipinski definition) is 7. The Morgan fingerprint density at radius 3 is 2.33 bits per heavy atom. The maximum Gasteiger partial charge on any atom is 0.335 e. The van der Waals surface area contributed by atoms with Crippen LogP contribution in [-0.4, -0.2) is 40.2 Å². The summed E-state index contributed by atoms with van der Waals surface area (Å²) < 4.78 is 19.2. The third-order valence-corrected chi connectivity index (χ3v) is 7.46. The lowest BCUT2D eigenvalue weighted by atomic mass is 9.96. The summed E-state index contributed by atoms with van der Waals surface area (Å²) >= 11 is 0. The number of rotatable bonds is 12. The standard InChI is InChI=1S/C37H37N3O6/c1-6-44-33-18-24(5)30(20-29(33)23(3)4)35-39-31-11-9-8-10-28(31)36(41)40(35)38-21-26-14-17-32(34(19-26)45-7-2)46-22-25-12-15-27(16-13-25)37(42)43/h8-21,23H,6-7,22H2,1-5H3,(H,42,43). The smallest absolute Gasteiger partial charge is 0.335 e. The number of aromatic nitrogens is 2. The van der Waals surface area contributed by atoms with Crippen molar-refractivity contribution in [2.45, 2.75) is 47.1 Å². The summed E-state index contributed by atoms with van der Waals surface area (Å²) in [6, 6.07) is 23.2. The molecular weight excluding hydrogens is 582 g/mol. The van der Waals surface area contributed by atoms with Crippen LogP contribution < -0.4 is 19.8 Å². The Kier molecular flexibility index (Phi) is 9.81. The number of hydrogen-bond donors (Lipinski definition) is 1. The number of para-hydroxylation sites is 1. The zero-order chi connectivity index (χ0) is 32.8. The van der Waals surface area contributed by atoms with Gasteiger partial charge in [0, 0.05) is 5.56 Å². The summed E-state index contributed by atoms with van der Waals surface area (Å²) in [5.41, 5.74) is 4.76. The zero-order valence-electron chi connectivity index (χ0n) is 26.6. The number of nitrogens with zero attached hydrogens (tertiary/aromatic N) is 3. The first-order chi connectivity index (χ1) is 22.2. The van der Waals surface area contributed by atoms with Gasteiger partial charge in [0.05, 0.1) is 35.9 Å². The van der Waals surface area contributed by atoms with Gasteiger partial charge in [-0.3, -0.25) is 4.79 Å². The molecule has 0 unspecified atom stereocenters. The summed E-state index contributed by atoms with van der Waals surface area (Å²) in [5.74, 6) is 1.50. The van der Waals surface area contributed by atoms with Crippen molar-refractivity contribution in [1.29, 1.82) is 0 Å². The van der Waals surface area contributed by atoms with Crippen LogP contribution in [-0.2, 0) is 6.61 Å². The van der Waals surface area contributed by atoms with Crippen LogP contribution in [0.5, 0.6) is 17.2 Å². The fourth-order valence-corrected chi connectivity index (χ4v) is 5.10. The molecule has 1 N–H and O–H groups in total. The molecule has 0 amide bonds. The van der Waals surface area contributed by atoms with Gasteiger partial charge in [-0.2, -0.15) is 9.78 Å². The molecule has 0 saturated carbocycles. The van der Waals surface area contributed by atoms with Crippen molar-refractivity contribution < 1.29 is 24.1 Å². The molecule has 5 aromatic rings. The van der Waals surface area contributed by atoms with E-state index in [9.17, 15) is 9.59 Å². The highest BCUT2D eigenvalue weighted by atomic mass is 16.5. The third kappa shape index (κ3) is 6.94. The topological polar surface area (TPSA) is 112 Å². The minimum Gasteiger partial charge on any atom is -0.494 e. The number of benzene rings is 4. The van der Waals surface area contributed by atoms with Crippen LogP contribution >= 0.6 is 0 Å². The van der Waals surface area contributed by atoms with Crippen molar-refractivity contribution in [3.63, 3.8) is 0 Å². The molecule has 9 heteroatoms. The second-order valence-electron chi connectivity index (χ2n) is 11.0. The summed E-state index contributed by atoms with van der Waals surface area (Å²) in [6.45, 7) is 11.2. The Morgan fingerprint density at radius 2 is 1.63 bits per heavy atom. The van der Waals surface area contributed by atoms with E-state index in [1.54, 1.807) is 48.7 Å². The molecule has 236 valence electrons. The Morgan fingerprint density at radius 1 is 0.913 bits per heavy atom. The molecule has 0 bridgehead atoms. The number of aryl methyl sites for hydroxylation is 1. The highest BCUT2D eigenvalue weighted by Gasteiger charge is 2.19. The molecule has 0 atom stereocenters. The van der Waals surface area contributed by atoms with Crippen LogP contribution in [0.1, 0.15) is 66.2 Å².